The molecule has 31 heavy (non-hydrogen) atoms. The van der Waals surface area contributed by atoms with E-state index in [1.807, 2.05) is 11.5 Å². The Morgan fingerprint density at radius 3 is 2.19 bits per heavy atom. The molecule has 0 saturated carbocycles. The standard InChI is InChI=1S/C22H21FN4O4/c1-13-11-19(14(2)27(13)17-7-5-16(23)6-8-17)22(30)26-25-21(29)15-3-9-18(10-4-15)31-12-20(24)28/h3-11H,12H2,1-2H3,(H2,24,28)(H,25,29)(H,26,30). The first-order valence-electron chi connectivity index (χ1n) is 9.33. The van der Waals surface area contributed by atoms with Crippen molar-refractivity contribution in [3.05, 3.63) is 82.9 Å². The molecule has 8 nitrogen and oxygen atoms in total. The highest BCUT2D eigenvalue weighted by molar-refractivity contribution is 6.00. The lowest BCUT2D eigenvalue weighted by atomic mass is 10.2. The van der Waals surface area contributed by atoms with Crippen LogP contribution in [0.3, 0.4) is 0 Å². The van der Waals surface area contributed by atoms with Crippen molar-refractivity contribution in [2.75, 3.05) is 6.61 Å². The lowest BCUT2D eigenvalue weighted by Crippen LogP contribution is -2.41. The van der Waals surface area contributed by atoms with Gasteiger partial charge in [0.25, 0.3) is 17.7 Å². The van der Waals surface area contributed by atoms with Crippen LogP contribution in [0, 0.1) is 19.7 Å². The number of hydrogen-bond donors (Lipinski definition) is 3. The quantitative estimate of drug-likeness (QED) is 0.526. The molecule has 1 heterocycles. The summed E-state index contributed by atoms with van der Waals surface area (Å²) >= 11 is 0. The first-order chi connectivity index (χ1) is 14.8. The van der Waals surface area contributed by atoms with E-state index in [0.717, 1.165) is 11.4 Å². The zero-order valence-corrected chi connectivity index (χ0v) is 16.9. The second-order valence-corrected chi connectivity index (χ2v) is 6.78. The molecule has 0 saturated heterocycles. The molecular formula is C22H21FN4O4. The van der Waals surface area contributed by atoms with Crippen LogP contribution in [0.2, 0.25) is 0 Å². The van der Waals surface area contributed by atoms with Gasteiger partial charge in [-0.1, -0.05) is 0 Å². The summed E-state index contributed by atoms with van der Waals surface area (Å²) in [5, 5.41) is 0. The fourth-order valence-electron chi connectivity index (χ4n) is 3.09. The SMILES string of the molecule is Cc1cc(C(=O)NNC(=O)c2ccc(OCC(N)=O)cc2)c(C)n1-c1ccc(F)cc1. The van der Waals surface area contributed by atoms with E-state index in [0.29, 0.717) is 17.0 Å². The van der Waals surface area contributed by atoms with Gasteiger partial charge in [-0.05, 0) is 68.4 Å². The summed E-state index contributed by atoms with van der Waals surface area (Å²) in [7, 11) is 0. The second kappa shape index (κ2) is 9.12. The number of hydrazine groups is 1. The number of primary amides is 1. The van der Waals surface area contributed by atoms with Gasteiger partial charge in [0.1, 0.15) is 11.6 Å². The van der Waals surface area contributed by atoms with Gasteiger partial charge in [0.15, 0.2) is 6.61 Å². The number of amides is 3. The van der Waals surface area contributed by atoms with E-state index in [1.54, 1.807) is 25.1 Å². The Kier molecular flexibility index (Phi) is 6.35. The van der Waals surface area contributed by atoms with Gasteiger partial charge < -0.3 is 15.0 Å². The number of nitrogens with one attached hydrogen (secondary N) is 2. The van der Waals surface area contributed by atoms with Crippen molar-refractivity contribution in [2.45, 2.75) is 13.8 Å². The van der Waals surface area contributed by atoms with E-state index >= 15 is 0 Å². The van der Waals surface area contributed by atoms with E-state index in [1.165, 1.54) is 36.4 Å². The van der Waals surface area contributed by atoms with Crippen LogP contribution in [0.25, 0.3) is 5.69 Å². The number of ether oxygens (including phenoxy) is 1. The normalized spacial score (nSPS) is 10.4. The number of aryl methyl sites for hydroxylation is 1. The molecule has 0 bridgehead atoms. The van der Waals surface area contributed by atoms with Gasteiger partial charge in [-0.3, -0.25) is 25.2 Å². The zero-order chi connectivity index (χ0) is 22.5. The Morgan fingerprint density at radius 2 is 1.58 bits per heavy atom. The number of nitrogens with zero attached hydrogens (tertiary/aromatic N) is 1. The Morgan fingerprint density at radius 1 is 0.968 bits per heavy atom. The minimum atomic E-state index is -0.608. The fraction of sp³-hybridized carbons (Fsp3) is 0.136. The van der Waals surface area contributed by atoms with Crippen LogP contribution >= 0.6 is 0 Å². The van der Waals surface area contributed by atoms with Gasteiger partial charge in [0.05, 0.1) is 5.56 Å². The molecule has 3 aromatic rings. The van der Waals surface area contributed by atoms with Gasteiger partial charge in [-0.15, -0.1) is 0 Å². The topological polar surface area (TPSA) is 115 Å². The molecule has 3 rings (SSSR count). The molecule has 0 aliphatic rings. The predicted octanol–water partition coefficient (Wildman–Crippen LogP) is 2.17. The third kappa shape index (κ3) is 5.08. The van der Waals surface area contributed by atoms with Crippen molar-refractivity contribution in [3.63, 3.8) is 0 Å². The maximum absolute atomic E-state index is 13.2. The summed E-state index contributed by atoms with van der Waals surface area (Å²) in [5.74, 6) is -1.59. The van der Waals surface area contributed by atoms with E-state index in [-0.39, 0.29) is 18.0 Å². The molecule has 0 spiro atoms. The van der Waals surface area contributed by atoms with Crippen molar-refractivity contribution in [3.8, 4) is 11.4 Å². The largest absolute Gasteiger partial charge is 0.484 e. The van der Waals surface area contributed by atoms with Gasteiger partial charge in [-0.25, -0.2) is 4.39 Å². The summed E-state index contributed by atoms with van der Waals surface area (Å²) in [4.78, 5) is 35.6. The Hall–Kier alpha value is -4.14. The van der Waals surface area contributed by atoms with Crippen LogP contribution in [0.4, 0.5) is 4.39 Å². The number of carbonyl (C=O) groups is 3. The monoisotopic (exact) mass is 424 g/mol. The maximum atomic E-state index is 13.2. The van der Waals surface area contributed by atoms with E-state index in [4.69, 9.17) is 10.5 Å². The number of benzene rings is 2. The van der Waals surface area contributed by atoms with Crippen LogP contribution in [0.1, 0.15) is 32.1 Å². The lowest BCUT2D eigenvalue weighted by molar-refractivity contribution is -0.119. The maximum Gasteiger partial charge on any atom is 0.271 e. The third-order valence-electron chi connectivity index (χ3n) is 4.55. The highest BCUT2D eigenvalue weighted by Gasteiger charge is 2.17. The summed E-state index contributed by atoms with van der Waals surface area (Å²) in [5.41, 5.74) is 12.6. The first kappa shape index (κ1) is 21.6. The number of rotatable bonds is 6. The number of nitrogens with two attached hydrogens (primary N) is 1. The molecular weight excluding hydrogens is 403 g/mol. The Balaban J connectivity index is 1.65. The molecule has 1 aromatic heterocycles. The predicted molar refractivity (Wildman–Crippen MR) is 111 cm³/mol. The number of hydrogen-bond acceptors (Lipinski definition) is 4. The van der Waals surface area contributed by atoms with Crippen LogP contribution < -0.4 is 21.3 Å². The lowest BCUT2D eigenvalue weighted by Gasteiger charge is -2.11. The van der Waals surface area contributed by atoms with Gasteiger partial charge in [0, 0.05) is 22.6 Å². The summed E-state index contributed by atoms with van der Waals surface area (Å²) in [6.45, 7) is 3.32. The second-order valence-electron chi connectivity index (χ2n) is 6.78. The molecule has 0 atom stereocenters. The van der Waals surface area contributed by atoms with Crippen molar-refractivity contribution in [1.82, 2.24) is 15.4 Å². The highest BCUT2D eigenvalue weighted by Crippen LogP contribution is 2.21. The minimum absolute atomic E-state index is 0.266. The van der Waals surface area contributed by atoms with Gasteiger partial charge in [0.2, 0.25) is 0 Å². The molecule has 3 amide bonds. The average molecular weight is 424 g/mol. The van der Waals surface area contributed by atoms with Crippen molar-refractivity contribution < 1.29 is 23.5 Å². The smallest absolute Gasteiger partial charge is 0.271 e. The summed E-state index contributed by atoms with van der Waals surface area (Å²) < 4.78 is 20.2. The highest BCUT2D eigenvalue weighted by atomic mass is 19.1. The van der Waals surface area contributed by atoms with Crippen LogP contribution in [-0.2, 0) is 4.79 Å². The minimum Gasteiger partial charge on any atom is -0.484 e. The van der Waals surface area contributed by atoms with Gasteiger partial charge >= 0.3 is 0 Å². The van der Waals surface area contributed by atoms with Crippen LogP contribution in [0.15, 0.2) is 54.6 Å². The Labute approximate surface area is 177 Å². The van der Waals surface area contributed by atoms with E-state index in [9.17, 15) is 18.8 Å². The molecule has 2 aromatic carbocycles. The number of halogens is 1. The molecule has 160 valence electrons. The number of carbonyl (C=O) groups excluding carboxylic acids is 3. The number of aromatic nitrogens is 1. The van der Waals surface area contributed by atoms with Crippen LogP contribution in [0.5, 0.6) is 5.75 Å². The zero-order valence-electron chi connectivity index (χ0n) is 16.9. The molecule has 0 fully saturated rings. The fourth-order valence-corrected chi connectivity index (χ4v) is 3.09. The van der Waals surface area contributed by atoms with Crippen molar-refractivity contribution in [1.29, 1.82) is 0 Å². The molecule has 0 unspecified atom stereocenters. The molecule has 9 heteroatoms. The third-order valence-corrected chi connectivity index (χ3v) is 4.55. The van der Waals surface area contributed by atoms with Crippen molar-refractivity contribution >= 4 is 17.7 Å². The van der Waals surface area contributed by atoms with E-state index in [2.05, 4.69) is 10.9 Å². The van der Waals surface area contributed by atoms with Crippen molar-refractivity contribution in [2.24, 2.45) is 5.73 Å². The first-order valence-corrected chi connectivity index (χ1v) is 9.33. The van der Waals surface area contributed by atoms with E-state index < -0.39 is 17.7 Å². The average Bonchev–Trinajstić information content (AvgIpc) is 3.05. The van der Waals surface area contributed by atoms with Crippen LogP contribution in [-0.4, -0.2) is 28.9 Å². The Bertz CT molecular complexity index is 1120. The molecule has 0 radical (unpaired) electrons. The van der Waals surface area contributed by atoms with Gasteiger partial charge in [-0.2, -0.15) is 0 Å². The molecule has 4 N–H and O–H groups in total. The molecule has 0 aliphatic carbocycles. The summed E-state index contributed by atoms with van der Waals surface area (Å²) in [6.07, 6.45) is 0. The summed E-state index contributed by atoms with van der Waals surface area (Å²) in [6, 6.07) is 13.6. The molecule has 0 aliphatic heterocycles.